The van der Waals surface area contributed by atoms with Crippen LogP contribution in [-0.2, 0) is 30.3 Å². The molecule has 4 rings (SSSR count). The fraction of sp³-hybridized carbons (Fsp3) is 0.767. The molecule has 1 N–H and O–H groups in total. The van der Waals surface area contributed by atoms with Crippen LogP contribution in [0.3, 0.4) is 0 Å². The van der Waals surface area contributed by atoms with Crippen molar-refractivity contribution in [2.45, 2.75) is 109 Å². The van der Waals surface area contributed by atoms with E-state index in [1.165, 1.54) is 50.2 Å². The van der Waals surface area contributed by atoms with E-state index in [1.807, 2.05) is 12.1 Å². The van der Waals surface area contributed by atoms with Crippen molar-refractivity contribution in [2.75, 3.05) is 12.9 Å². The van der Waals surface area contributed by atoms with Gasteiger partial charge in [-0.05, 0) is 91.9 Å². The van der Waals surface area contributed by atoms with Gasteiger partial charge in [0.05, 0.1) is 12.9 Å². The standard InChI is InChI=1S/C30H46O6S/c1-21(31)36-28-15-14-27-29-22(11-9-7-5-4-6-8-10-18-35-37(3,33)34)19-23-20-24(32)12-13-25(23)26(29)16-17-30(27,28)2/h12-13,20,22,26-29,32H,4-11,14-19H2,1-3H3/t22?,26?,27?,28-,29?,30-/m0/s1. The van der Waals surface area contributed by atoms with Gasteiger partial charge >= 0.3 is 5.97 Å². The van der Waals surface area contributed by atoms with Crippen LogP contribution in [0, 0.1) is 23.2 Å². The molecule has 1 aromatic rings. The molecule has 6 nitrogen and oxygen atoms in total. The zero-order valence-electron chi connectivity index (χ0n) is 22.9. The van der Waals surface area contributed by atoms with E-state index < -0.39 is 10.1 Å². The second-order valence-electron chi connectivity index (χ2n) is 12.1. The van der Waals surface area contributed by atoms with Crippen LogP contribution in [0.25, 0.3) is 0 Å². The summed E-state index contributed by atoms with van der Waals surface area (Å²) < 4.78 is 32.7. The number of hydrogen-bond acceptors (Lipinski definition) is 6. The zero-order valence-corrected chi connectivity index (χ0v) is 23.7. The third-order valence-electron chi connectivity index (χ3n) is 9.62. The van der Waals surface area contributed by atoms with Crippen LogP contribution >= 0.6 is 0 Å². The third-order valence-corrected chi connectivity index (χ3v) is 10.2. The average Bonchev–Trinajstić information content (AvgIpc) is 3.14. The lowest BCUT2D eigenvalue weighted by Crippen LogP contribution is -2.48. The van der Waals surface area contributed by atoms with Crippen molar-refractivity contribution in [3.8, 4) is 5.75 Å². The van der Waals surface area contributed by atoms with E-state index in [4.69, 9.17) is 8.92 Å². The number of rotatable bonds is 12. The molecule has 6 atom stereocenters. The molecule has 0 heterocycles. The van der Waals surface area contributed by atoms with E-state index in [1.54, 1.807) is 0 Å². The monoisotopic (exact) mass is 534 g/mol. The van der Waals surface area contributed by atoms with Crippen molar-refractivity contribution in [3.63, 3.8) is 0 Å². The zero-order chi connectivity index (χ0) is 26.6. The van der Waals surface area contributed by atoms with Crippen LogP contribution in [-0.4, -0.2) is 38.5 Å². The van der Waals surface area contributed by atoms with E-state index in [2.05, 4.69) is 13.0 Å². The summed E-state index contributed by atoms with van der Waals surface area (Å²) in [4.78, 5) is 11.8. The molecule has 0 saturated heterocycles. The van der Waals surface area contributed by atoms with Gasteiger partial charge in [0.15, 0.2) is 0 Å². The van der Waals surface area contributed by atoms with Crippen LogP contribution in [0.15, 0.2) is 18.2 Å². The number of esters is 1. The number of benzene rings is 1. The summed E-state index contributed by atoms with van der Waals surface area (Å²) >= 11 is 0. The van der Waals surface area contributed by atoms with Crippen LogP contribution in [0.5, 0.6) is 5.75 Å². The first-order valence-corrected chi connectivity index (χ1v) is 16.2. The molecule has 0 amide bonds. The van der Waals surface area contributed by atoms with Gasteiger partial charge in [-0.2, -0.15) is 8.42 Å². The maximum absolute atomic E-state index is 11.8. The first kappa shape index (κ1) is 28.4. The maximum atomic E-state index is 11.8. The Kier molecular flexibility index (Phi) is 9.26. The number of unbranched alkanes of at least 4 members (excludes halogenated alkanes) is 6. The van der Waals surface area contributed by atoms with Crippen LogP contribution < -0.4 is 0 Å². The van der Waals surface area contributed by atoms with E-state index in [9.17, 15) is 18.3 Å². The second kappa shape index (κ2) is 12.1. The Bertz CT molecular complexity index is 1040. The summed E-state index contributed by atoms with van der Waals surface area (Å²) in [5.74, 6) is 2.56. The van der Waals surface area contributed by atoms with Gasteiger partial charge in [-0.25, -0.2) is 0 Å². The SMILES string of the molecule is CC(=O)O[C@H]1CCC2C3C(CCCCCCCCCOS(C)(=O)=O)Cc4cc(O)ccc4C3CC[C@@]21C. The molecule has 0 radical (unpaired) electrons. The molecule has 0 aromatic heterocycles. The van der Waals surface area contributed by atoms with Gasteiger partial charge in [-0.15, -0.1) is 0 Å². The minimum atomic E-state index is -3.32. The topological polar surface area (TPSA) is 89.9 Å². The van der Waals surface area contributed by atoms with Crippen molar-refractivity contribution >= 4 is 16.1 Å². The van der Waals surface area contributed by atoms with Crippen molar-refractivity contribution in [3.05, 3.63) is 29.3 Å². The van der Waals surface area contributed by atoms with E-state index in [0.29, 0.717) is 36.0 Å². The van der Waals surface area contributed by atoms with Crippen LogP contribution in [0.2, 0.25) is 0 Å². The molecular formula is C30H46O6S. The summed E-state index contributed by atoms with van der Waals surface area (Å²) in [5.41, 5.74) is 2.85. The Morgan fingerprint density at radius 3 is 2.46 bits per heavy atom. The van der Waals surface area contributed by atoms with Gasteiger partial charge < -0.3 is 9.84 Å². The van der Waals surface area contributed by atoms with Gasteiger partial charge in [0.25, 0.3) is 10.1 Å². The lowest BCUT2D eigenvalue weighted by atomic mass is 9.52. The molecule has 0 aliphatic heterocycles. The fourth-order valence-corrected chi connectivity index (χ4v) is 8.43. The maximum Gasteiger partial charge on any atom is 0.302 e. The van der Waals surface area contributed by atoms with Crippen molar-refractivity contribution in [2.24, 2.45) is 23.2 Å². The molecule has 2 saturated carbocycles. The number of ether oxygens (including phenoxy) is 1. The molecule has 0 spiro atoms. The summed E-state index contributed by atoms with van der Waals surface area (Å²) in [5, 5.41) is 10.2. The Morgan fingerprint density at radius 1 is 1.05 bits per heavy atom. The first-order chi connectivity index (χ1) is 17.6. The largest absolute Gasteiger partial charge is 0.508 e. The minimum absolute atomic E-state index is 0.0423. The molecule has 208 valence electrons. The smallest absolute Gasteiger partial charge is 0.302 e. The van der Waals surface area contributed by atoms with Gasteiger partial charge in [-0.3, -0.25) is 8.98 Å². The highest BCUT2D eigenvalue weighted by Crippen LogP contribution is 2.63. The minimum Gasteiger partial charge on any atom is -0.508 e. The molecule has 3 aliphatic rings. The lowest BCUT2D eigenvalue weighted by molar-refractivity contribution is -0.155. The number of phenolic OH excluding ortho intramolecular Hbond substituents is 1. The number of carbonyl (C=O) groups excluding carboxylic acids is 1. The average molecular weight is 535 g/mol. The highest BCUT2D eigenvalue weighted by molar-refractivity contribution is 7.85. The summed E-state index contributed by atoms with van der Waals surface area (Å²) in [7, 11) is -3.32. The fourth-order valence-electron chi connectivity index (χ4n) is 8.01. The molecular weight excluding hydrogens is 488 g/mol. The summed E-state index contributed by atoms with van der Waals surface area (Å²) in [6.07, 6.45) is 15.5. The van der Waals surface area contributed by atoms with Gasteiger partial charge in [-0.1, -0.05) is 51.5 Å². The number of carbonyl (C=O) groups is 1. The molecule has 0 bridgehead atoms. The van der Waals surface area contributed by atoms with E-state index in [-0.39, 0.29) is 17.5 Å². The quantitative estimate of drug-likeness (QED) is 0.187. The normalized spacial score (nSPS) is 30.8. The number of fused-ring (bicyclic) bond motifs is 5. The van der Waals surface area contributed by atoms with Crippen molar-refractivity contribution < 1.29 is 27.2 Å². The summed E-state index contributed by atoms with van der Waals surface area (Å²) in [6, 6.07) is 6.02. The van der Waals surface area contributed by atoms with Crippen molar-refractivity contribution in [1.82, 2.24) is 0 Å². The van der Waals surface area contributed by atoms with E-state index in [0.717, 1.165) is 57.6 Å². The summed E-state index contributed by atoms with van der Waals surface area (Å²) in [6.45, 7) is 4.20. The molecule has 7 heteroatoms. The molecule has 1 aromatic carbocycles. The molecule has 3 aliphatic carbocycles. The second-order valence-corrected chi connectivity index (χ2v) is 13.8. The predicted molar refractivity (Wildman–Crippen MR) is 145 cm³/mol. The molecule has 4 unspecified atom stereocenters. The number of aromatic hydroxyl groups is 1. The van der Waals surface area contributed by atoms with Crippen molar-refractivity contribution in [1.29, 1.82) is 0 Å². The van der Waals surface area contributed by atoms with Gasteiger partial charge in [0, 0.05) is 12.3 Å². The van der Waals surface area contributed by atoms with Gasteiger partial charge in [0.2, 0.25) is 0 Å². The number of hydrogen-bond donors (Lipinski definition) is 1. The highest BCUT2D eigenvalue weighted by atomic mass is 32.2. The Hall–Kier alpha value is -1.60. The predicted octanol–water partition coefficient (Wildman–Crippen LogP) is 6.50. The molecule has 37 heavy (non-hydrogen) atoms. The highest BCUT2D eigenvalue weighted by Gasteiger charge is 2.57. The first-order valence-electron chi connectivity index (χ1n) is 14.4. The van der Waals surface area contributed by atoms with Crippen LogP contribution in [0.4, 0.5) is 0 Å². The van der Waals surface area contributed by atoms with Gasteiger partial charge in [0.1, 0.15) is 11.9 Å². The van der Waals surface area contributed by atoms with E-state index >= 15 is 0 Å². The molecule has 2 fully saturated rings. The Balaban J connectivity index is 1.33. The van der Waals surface area contributed by atoms with Crippen LogP contribution in [0.1, 0.15) is 108 Å². The lowest BCUT2D eigenvalue weighted by Gasteiger charge is -2.53. The Morgan fingerprint density at radius 2 is 1.76 bits per heavy atom. The third kappa shape index (κ3) is 6.89. The number of phenols is 1. The Labute approximate surface area is 223 Å².